The minimum atomic E-state index is -0.537. The van der Waals surface area contributed by atoms with E-state index in [1.165, 1.54) is 18.9 Å². The van der Waals surface area contributed by atoms with Gasteiger partial charge in [0.2, 0.25) is 0 Å². The number of nitro groups is 1. The summed E-state index contributed by atoms with van der Waals surface area (Å²) >= 11 is 0. The van der Waals surface area contributed by atoms with E-state index in [0.717, 1.165) is 12.8 Å². The van der Waals surface area contributed by atoms with Crippen molar-refractivity contribution in [2.24, 2.45) is 11.7 Å². The molecular weight excluding hydrogens is 196 g/mol. The monoisotopic (exact) mass is 210 g/mol. The summed E-state index contributed by atoms with van der Waals surface area (Å²) in [4.78, 5) is 9.89. The molecule has 0 aromatic carbocycles. The van der Waals surface area contributed by atoms with Crippen LogP contribution in [-0.4, -0.2) is 4.92 Å². The molecule has 5 nitrogen and oxygen atoms in total. The molecule has 1 aliphatic carbocycles. The van der Waals surface area contributed by atoms with Crippen molar-refractivity contribution in [3.63, 3.8) is 0 Å². The van der Waals surface area contributed by atoms with E-state index in [1.807, 2.05) is 0 Å². The van der Waals surface area contributed by atoms with Gasteiger partial charge in [-0.05, 0) is 24.8 Å². The van der Waals surface area contributed by atoms with Crippen molar-refractivity contribution in [1.82, 2.24) is 0 Å². The molecule has 0 aliphatic heterocycles. The Morgan fingerprint density at radius 3 is 2.67 bits per heavy atom. The molecule has 1 saturated carbocycles. The van der Waals surface area contributed by atoms with E-state index >= 15 is 0 Å². The molecule has 1 heterocycles. The van der Waals surface area contributed by atoms with E-state index in [-0.39, 0.29) is 11.9 Å². The fourth-order valence-corrected chi connectivity index (χ4v) is 2.17. The molecule has 0 saturated heterocycles. The first-order chi connectivity index (χ1) is 7.18. The van der Waals surface area contributed by atoms with Crippen molar-refractivity contribution in [2.75, 3.05) is 0 Å². The molecule has 82 valence electrons. The summed E-state index contributed by atoms with van der Waals surface area (Å²) in [6.07, 6.45) is 4.58. The topological polar surface area (TPSA) is 82.3 Å². The van der Waals surface area contributed by atoms with E-state index in [2.05, 4.69) is 0 Å². The Morgan fingerprint density at radius 2 is 2.13 bits per heavy atom. The molecule has 0 bridgehead atoms. The second-order valence-electron chi connectivity index (χ2n) is 4.00. The van der Waals surface area contributed by atoms with Crippen LogP contribution in [0.4, 0.5) is 5.88 Å². The van der Waals surface area contributed by atoms with Gasteiger partial charge in [-0.3, -0.25) is 10.1 Å². The molecule has 2 rings (SSSR count). The Hall–Kier alpha value is -1.36. The summed E-state index contributed by atoms with van der Waals surface area (Å²) in [5.41, 5.74) is 6.00. The zero-order valence-corrected chi connectivity index (χ0v) is 8.39. The highest BCUT2D eigenvalue weighted by Gasteiger charge is 2.26. The summed E-state index contributed by atoms with van der Waals surface area (Å²) in [6, 6.07) is 2.78. The third-order valence-corrected chi connectivity index (χ3v) is 3.03. The number of hydrogen-bond acceptors (Lipinski definition) is 4. The fraction of sp³-hybridized carbons (Fsp3) is 0.600. The highest BCUT2D eigenvalue weighted by Crippen LogP contribution is 2.35. The van der Waals surface area contributed by atoms with E-state index in [0.29, 0.717) is 11.7 Å². The molecule has 1 fully saturated rings. The maximum Gasteiger partial charge on any atom is 0.433 e. The average Bonchev–Trinajstić information content (AvgIpc) is 2.88. The second-order valence-corrected chi connectivity index (χ2v) is 4.00. The lowest BCUT2D eigenvalue weighted by Gasteiger charge is -2.15. The van der Waals surface area contributed by atoms with Gasteiger partial charge in [-0.25, -0.2) is 0 Å². The van der Waals surface area contributed by atoms with Crippen molar-refractivity contribution in [3.8, 4) is 0 Å². The molecule has 1 atom stereocenters. The lowest BCUT2D eigenvalue weighted by molar-refractivity contribution is -0.402. The molecule has 2 N–H and O–H groups in total. The predicted octanol–water partition coefficient (Wildman–Crippen LogP) is 2.38. The molecule has 5 heteroatoms. The Bertz CT molecular complexity index is 355. The van der Waals surface area contributed by atoms with Gasteiger partial charge in [0, 0.05) is 0 Å². The molecule has 1 aromatic rings. The Morgan fingerprint density at radius 1 is 1.47 bits per heavy atom. The third kappa shape index (κ3) is 2.02. The van der Waals surface area contributed by atoms with Gasteiger partial charge in [0.05, 0.1) is 12.1 Å². The van der Waals surface area contributed by atoms with E-state index in [9.17, 15) is 10.1 Å². The van der Waals surface area contributed by atoms with Crippen LogP contribution < -0.4 is 5.73 Å². The van der Waals surface area contributed by atoms with E-state index in [1.54, 1.807) is 6.07 Å². The summed E-state index contributed by atoms with van der Waals surface area (Å²) < 4.78 is 5.10. The zero-order valence-electron chi connectivity index (χ0n) is 8.39. The van der Waals surface area contributed by atoms with Gasteiger partial charge >= 0.3 is 5.88 Å². The van der Waals surface area contributed by atoms with Crippen LogP contribution in [0, 0.1) is 16.0 Å². The minimum Gasteiger partial charge on any atom is -0.404 e. The first kappa shape index (κ1) is 10.2. The number of rotatable bonds is 3. The van der Waals surface area contributed by atoms with Crippen LogP contribution in [0.1, 0.15) is 37.5 Å². The standard InChI is InChI=1S/C10H14N2O3/c11-10(7-3-1-2-4-7)8-5-6-9(15-8)12(13)14/h5-7,10H,1-4,11H2/t10-/m0/s1. The van der Waals surface area contributed by atoms with Crippen LogP contribution in [0.5, 0.6) is 0 Å². The van der Waals surface area contributed by atoms with Crippen LogP contribution >= 0.6 is 0 Å². The van der Waals surface area contributed by atoms with Crippen LogP contribution in [0.3, 0.4) is 0 Å². The smallest absolute Gasteiger partial charge is 0.404 e. The molecule has 15 heavy (non-hydrogen) atoms. The summed E-state index contributed by atoms with van der Waals surface area (Å²) in [6.45, 7) is 0. The number of nitrogens with two attached hydrogens (primary N) is 1. The lowest BCUT2D eigenvalue weighted by atomic mass is 9.97. The average molecular weight is 210 g/mol. The van der Waals surface area contributed by atoms with E-state index in [4.69, 9.17) is 10.2 Å². The van der Waals surface area contributed by atoms with Crippen LogP contribution in [0.15, 0.2) is 16.5 Å². The molecule has 1 aliphatic rings. The van der Waals surface area contributed by atoms with Crippen LogP contribution in [-0.2, 0) is 0 Å². The molecule has 0 unspecified atom stereocenters. The van der Waals surface area contributed by atoms with Crippen LogP contribution in [0.2, 0.25) is 0 Å². The summed E-state index contributed by atoms with van der Waals surface area (Å²) in [5, 5.41) is 10.4. The predicted molar refractivity (Wildman–Crippen MR) is 54.2 cm³/mol. The molecule has 1 aromatic heterocycles. The van der Waals surface area contributed by atoms with Crippen molar-refractivity contribution in [2.45, 2.75) is 31.7 Å². The Balaban J connectivity index is 2.10. The second kappa shape index (κ2) is 4.02. The van der Waals surface area contributed by atoms with Crippen LogP contribution in [0.25, 0.3) is 0 Å². The fourth-order valence-electron chi connectivity index (χ4n) is 2.17. The normalized spacial score (nSPS) is 19.3. The maximum absolute atomic E-state index is 10.4. The van der Waals surface area contributed by atoms with Crippen molar-refractivity contribution < 1.29 is 9.34 Å². The largest absolute Gasteiger partial charge is 0.433 e. The van der Waals surface area contributed by atoms with Crippen molar-refractivity contribution >= 4 is 5.88 Å². The Kier molecular flexibility index (Phi) is 2.73. The SMILES string of the molecule is N[C@H](c1ccc([N+](=O)[O-])o1)C1CCCC1. The van der Waals surface area contributed by atoms with Gasteiger partial charge in [0.25, 0.3) is 0 Å². The van der Waals surface area contributed by atoms with Gasteiger partial charge in [-0.15, -0.1) is 0 Å². The molecule has 0 amide bonds. The third-order valence-electron chi connectivity index (χ3n) is 3.03. The van der Waals surface area contributed by atoms with Gasteiger partial charge in [-0.1, -0.05) is 12.8 Å². The first-order valence-corrected chi connectivity index (χ1v) is 5.18. The van der Waals surface area contributed by atoms with Gasteiger partial charge in [-0.2, -0.15) is 0 Å². The summed E-state index contributed by atoms with van der Waals surface area (Å²) in [5.74, 6) is 0.725. The molecule has 0 spiro atoms. The number of furan rings is 1. The zero-order chi connectivity index (χ0) is 10.8. The quantitative estimate of drug-likeness (QED) is 0.613. The highest BCUT2D eigenvalue weighted by molar-refractivity contribution is 5.20. The molecular formula is C10H14N2O3. The Labute approximate surface area is 87.4 Å². The minimum absolute atomic E-state index is 0.193. The maximum atomic E-state index is 10.4. The van der Waals surface area contributed by atoms with Gasteiger partial charge < -0.3 is 10.2 Å². The number of hydrogen-bond donors (Lipinski definition) is 1. The molecule has 0 radical (unpaired) electrons. The first-order valence-electron chi connectivity index (χ1n) is 5.18. The highest BCUT2D eigenvalue weighted by atomic mass is 16.6. The van der Waals surface area contributed by atoms with Crippen molar-refractivity contribution in [3.05, 3.63) is 28.0 Å². The van der Waals surface area contributed by atoms with Gasteiger partial charge in [0.1, 0.15) is 10.7 Å². The van der Waals surface area contributed by atoms with Gasteiger partial charge in [0.15, 0.2) is 0 Å². The lowest BCUT2D eigenvalue weighted by Crippen LogP contribution is -2.18. The van der Waals surface area contributed by atoms with E-state index < -0.39 is 4.92 Å². The van der Waals surface area contributed by atoms with Crippen molar-refractivity contribution in [1.29, 1.82) is 0 Å². The number of nitrogens with zero attached hydrogens (tertiary/aromatic N) is 1. The summed E-state index contributed by atoms with van der Waals surface area (Å²) in [7, 11) is 0.